The van der Waals surface area contributed by atoms with Crippen LogP contribution in [-0.4, -0.2) is 68.1 Å². The molecule has 2 N–H and O–H groups in total. The van der Waals surface area contributed by atoms with Crippen LogP contribution in [0.4, 0.5) is 0 Å². The van der Waals surface area contributed by atoms with Gasteiger partial charge in [0, 0.05) is 40.5 Å². The van der Waals surface area contributed by atoms with Gasteiger partial charge in [-0.25, -0.2) is 4.79 Å². The monoisotopic (exact) mass is 570 g/mol. The van der Waals surface area contributed by atoms with Crippen molar-refractivity contribution in [3.63, 3.8) is 0 Å². The number of hydrogen-bond acceptors (Lipinski definition) is 9. The van der Waals surface area contributed by atoms with Crippen LogP contribution in [0.5, 0.6) is 34.5 Å². The molecule has 216 valence electrons. The number of benzene rings is 3. The van der Waals surface area contributed by atoms with Crippen molar-refractivity contribution in [3.05, 3.63) is 65.1 Å². The Kier molecular flexibility index (Phi) is 6.70. The SMILES string of the molecule is COc1ccc(-c2c3c4cc(OCCN(C)C)c(OC)cc4oc(=O)c3n3ccc4cc(O)c(OC)cc4c23)cc1O. The van der Waals surface area contributed by atoms with Crippen molar-refractivity contribution < 1.29 is 33.6 Å². The maximum absolute atomic E-state index is 13.7. The minimum Gasteiger partial charge on any atom is -0.504 e. The summed E-state index contributed by atoms with van der Waals surface area (Å²) in [6.45, 7) is 1.10. The third kappa shape index (κ3) is 4.27. The number of fused-ring (bicyclic) bond motifs is 7. The van der Waals surface area contributed by atoms with Crippen molar-refractivity contribution in [2.24, 2.45) is 0 Å². The third-order valence-electron chi connectivity index (χ3n) is 7.41. The van der Waals surface area contributed by atoms with E-state index in [1.807, 2.05) is 37.2 Å². The van der Waals surface area contributed by atoms with Crippen LogP contribution in [0.25, 0.3) is 49.3 Å². The van der Waals surface area contributed by atoms with Crippen molar-refractivity contribution in [1.82, 2.24) is 9.30 Å². The molecule has 3 heterocycles. The summed E-state index contributed by atoms with van der Waals surface area (Å²) in [6.07, 6.45) is 1.76. The number of ether oxygens (including phenoxy) is 4. The normalized spacial score (nSPS) is 11.7. The van der Waals surface area contributed by atoms with E-state index in [9.17, 15) is 15.0 Å². The van der Waals surface area contributed by atoms with Gasteiger partial charge in [0.25, 0.3) is 0 Å². The zero-order valence-electron chi connectivity index (χ0n) is 23.8. The lowest BCUT2D eigenvalue weighted by atomic mass is 9.98. The molecule has 0 radical (unpaired) electrons. The molecule has 0 bridgehead atoms. The molecule has 0 saturated carbocycles. The zero-order valence-corrected chi connectivity index (χ0v) is 23.8. The number of hydrogen-bond donors (Lipinski definition) is 2. The molecule has 0 fully saturated rings. The summed E-state index contributed by atoms with van der Waals surface area (Å²) in [5.74, 6) is 1.46. The van der Waals surface area contributed by atoms with E-state index in [1.54, 1.807) is 40.9 Å². The first-order valence-corrected chi connectivity index (χ1v) is 13.2. The highest BCUT2D eigenvalue weighted by Gasteiger charge is 2.25. The molecule has 10 nitrogen and oxygen atoms in total. The van der Waals surface area contributed by atoms with E-state index >= 15 is 0 Å². The Balaban J connectivity index is 1.80. The first kappa shape index (κ1) is 27.1. The Hall–Kier alpha value is -5.09. The maximum atomic E-state index is 13.7. The van der Waals surface area contributed by atoms with E-state index in [4.69, 9.17) is 23.4 Å². The van der Waals surface area contributed by atoms with Crippen molar-refractivity contribution in [2.45, 2.75) is 0 Å². The van der Waals surface area contributed by atoms with Crippen LogP contribution in [0.15, 0.2) is 63.9 Å². The standard InChI is InChI=1S/C32H30N2O8/c1-33(2)10-11-41-27-15-20-24(16-26(27)40-5)42-32(37)31-29(20)28(18-6-7-23(38-3)21(35)13-18)30-19-14-25(39-4)22(36)12-17(19)8-9-34(30)31/h6-9,12-16,35-36H,10-11H2,1-5H3. The van der Waals surface area contributed by atoms with Crippen molar-refractivity contribution in [2.75, 3.05) is 48.6 Å². The van der Waals surface area contributed by atoms with Gasteiger partial charge in [-0.1, -0.05) is 6.07 Å². The van der Waals surface area contributed by atoms with E-state index in [0.29, 0.717) is 68.9 Å². The van der Waals surface area contributed by atoms with Crippen LogP contribution in [-0.2, 0) is 0 Å². The van der Waals surface area contributed by atoms with Gasteiger partial charge >= 0.3 is 5.63 Å². The number of nitrogens with zero attached hydrogens (tertiary/aromatic N) is 2. The summed E-state index contributed by atoms with van der Waals surface area (Å²) in [5, 5.41) is 24.0. The number of pyridine rings is 1. The quantitative estimate of drug-likeness (QED) is 0.232. The van der Waals surface area contributed by atoms with Crippen LogP contribution < -0.4 is 24.6 Å². The number of aromatic nitrogens is 1. The molecule has 0 aliphatic carbocycles. The number of aromatic hydroxyl groups is 2. The first-order chi connectivity index (χ1) is 20.2. The predicted molar refractivity (Wildman–Crippen MR) is 161 cm³/mol. The van der Waals surface area contributed by atoms with Gasteiger partial charge in [-0.2, -0.15) is 0 Å². The first-order valence-electron chi connectivity index (χ1n) is 13.2. The molecule has 0 saturated heterocycles. The number of likely N-dealkylation sites (N-methyl/N-ethyl adjacent to an activating group) is 1. The van der Waals surface area contributed by atoms with Crippen molar-refractivity contribution >= 4 is 38.2 Å². The van der Waals surface area contributed by atoms with Crippen LogP contribution in [0.2, 0.25) is 0 Å². The van der Waals surface area contributed by atoms with Gasteiger partial charge in [0.05, 0.1) is 26.8 Å². The molecule has 3 aromatic carbocycles. The van der Waals surface area contributed by atoms with E-state index in [2.05, 4.69) is 0 Å². The fourth-order valence-electron chi connectivity index (χ4n) is 5.42. The topological polar surface area (TPSA) is 115 Å². The van der Waals surface area contributed by atoms with Crippen LogP contribution in [0.1, 0.15) is 0 Å². The van der Waals surface area contributed by atoms with Gasteiger partial charge in [0.1, 0.15) is 17.7 Å². The lowest BCUT2D eigenvalue weighted by Crippen LogP contribution is -2.19. The Labute approximate surface area is 240 Å². The summed E-state index contributed by atoms with van der Waals surface area (Å²) >= 11 is 0. The lowest BCUT2D eigenvalue weighted by Gasteiger charge is -2.14. The molecule has 0 unspecified atom stereocenters. The average molecular weight is 571 g/mol. The van der Waals surface area contributed by atoms with Crippen molar-refractivity contribution in [1.29, 1.82) is 0 Å². The minimum atomic E-state index is -0.551. The Morgan fingerprint density at radius 2 is 1.52 bits per heavy atom. The van der Waals surface area contributed by atoms with Gasteiger partial charge in [-0.3, -0.25) is 0 Å². The predicted octanol–water partition coefficient (Wildman–Crippen LogP) is 5.40. The second-order valence-electron chi connectivity index (χ2n) is 10.2. The van der Waals surface area contributed by atoms with Gasteiger partial charge in [0.2, 0.25) is 0 Å². The zero-order chi connectivity index (χ0) is 29.7. The number of methoxy groups -OCH3 is 3. The number of phenolic OH excluding ortho intramolecular Hbond substituents is 2. The third-order valence-corrected chi connectivity index (χ3v) is 7.41. The molecule has 6 aromatic rings. The van der Waals surface area contributed by atoms with Gasteiger partial charge < -0.3 is 42.9 Å². The largest absolute Gasteiger partial charge is 0.504 e. The summed E-state index contributed by atoms with van der Waals surface area (Å²) in [5.41, 5.74) is 2.04. The molecule has 10 heteroatoms. The van der Waals surface area contributed by atoms with Crippen LogP contribution in [0.3, 0.4) is 0 Å². The van der Waals surface area contributed by atoms with Gasteiger partial charge in [0.15, 0.2) is 34.5 Å². The van der Waals surface area contributed by atoms with E-state index < -0.39 is 5.63 Å². The molecule has 42 heavy (non-hydrogen) atoms. The van der Waals surface area contributed by atoms with Crippen LogP contribution >= 0.6 is 0 Å². The fourth-order valence-corrected chi connectivity index (χ4v) is 5.42. The average Bonchev–Trinajstić information content (AvgIpc) is 3.33. The molecule has 6 rings (SSSR count). The second-order valence-corrected chi connectivity index (χ2v) is 10.2. The minimum absolute atomic E-state index is 0.00863. The highest BCUT2D eigenvalue weighted by atomic mass is 16.5. The smallest absolute Gasteiger partial charge is 0.361 e. The Bertz CT molecular complexity index is 2060. The molecule has 0 amide bonds. The van der Waals surface area contributed by atoms with Gasteiger partial charge in [-0.15, -0.1) is 0 Å². The fraction of sp³-hybridized carbons (Fsp3) is 0.219. The number of rotatable bonds is 8. The van der Waals surface area contributed by atoms with Crippen LogP contribution in [0, 0.1) is 0 Å². The van der Waals surface area contributed by atoms with Crippen molar-refractivity contribution in [3.8, 4) is 45.6 Å². The van der Waals surface area contributed by atoms with E-state index in [-0.39, 0.29) is 17.2 Å². The summed E-state index contributed by atoms with van der Waals surface area (Å²) in [7, 11) is 8.41. The summed E-state index contributed by atoms with van der Waals surface area (Å²) < 4.78 is 30.0. The Morgan fingerprint density at radius 3 is 2.21 bits per heavy atom. The Morgan fingerprint density at radius 1 is 0.810 bits per heavy atom. The number of phenols is 2. The van der Waals surface area contributed by atoms with E-state index in [0.717, 1.165) is 10.8 Å². The molecule has 0 spiro atoms. The lowest BCUT2D eigenvalue weighted by molar-refractivity contribution is 0.251. The van der Waals surface area contributed by atoms with Gasteiger partial charge in [-0.05, 0) is 61.4 Å². The maximum Gasteiger partial charge on any atom is 0.361 e. The second kappa shape index (κ2) is 10.4. The molecule has 0 aliphatic heterocycles. The molecule has 3 aromatic heterocycles. The highest BCUT2D eigenvalue weighted by molar-refractivity contribution is 6.22. The molecule has 0 aliphatic rings. The summed E-state index contributed by atoms with van der Waals surface area (Å²) in [4.78, 5) is 15.7. The molecular weight excluding hydrogens is 540 g/mol. The molecule has 0 atom stereocenters. The molecular formula is C32H30N2O8. The van der Waals surface area contributed by atoms with E-state index in [1.165, 1.54) is 21.3 Å². The highest BCUT2D eigenvalue weighted by Crippen LogP contribution is 2.46. The summed E-state index contributed by atoms with van der Waals surface area (Å²) in [6, 6.07) is 13.7.